The van der Waals surface area contributed by atoms with Crippen molar-refractivity contribution in [2.75, 3.05) is 5.73 Å². The minimum Gasteiger partial charge on any atom is -0.398 e. The van der Waals surface area contributed by atoms with Crippen molar-refractivity contribution in [2.45, 2.75) is 46.0 Å². The fourth-order valence-corrected chi connectivity index (χ4v) is 3.45. The van der Waals surface area contributed by atoms with Crippen LogP contribution in [0.15, 0.2) is 58.6 Å². The zero-order chi connectivity index (χ0) is 20.7. The Morgan fingerprint density at radius 2 is 1.89 bits per heavy atom. The van der Waals surface area contributed by atoms with E-state index < -0.39 is 0 Å². The molecule has 1 atom stereocenters. The summed E-state index contributed by atoms with van der Waals surface area (Å²) in [6.07, 6.45) is 5.51. The number of rotatable bonds is 7. The van der Waals surface area contributed by atoms with Gasteiger partial charge in [0.1, 0.15) is 5.84 Å². The maximum absolute atomic E-state index is 12.5. The van der Waals surface area contributed by atoms with Gasteiger partial charge in [0.25, 0.3) is 5.91 Å². The lowest BCUT2D eigenvalue weighted by Gasteiger charge is -2.16. The highest BCUT2D eigenvalue weighted by Crippen LogP contribution is 2.26. The van der Waals surface area contributed by atoms with Crippen LogP contribution in [0.25, 0.3) is 0 Å². The average molecular weight is 442 g/mol. The van der Waals surface area contributed by atoms with E-state index >= 15 is 0 Å². The molecule has 0 saturated heterocycles. The number of hydrogen-bond donors (Lipinski definition) is 3. The first-order chi connectivity index (χ1) is 13.3. The highest BCUT2D eigenvalue weighted by Gasteiger charge is 2.14. The first-order valence-corrected chi connectivity index (χ1v) is 10.3. The molecule has 148 valence electrons. The second-order valence-corrected chi connectivity index (χ2v) is 8.10. The Morgan fingerprint density at radius 1 is 1.21 bits per heavy atom. The van der Waals surface area contributed by atoms with Crippen LogP contribution >= 0.6 is 15.9 Å². The van der Waals surface area contributed by atoms with Gasteiger partial charge in [-0.25, -0.2) is 0 Å². The Bertz CT molecular complexity index is 868. The summed E-state index contributed by atoms with van der Waals surface area (Å²) >= 11 is 3.34. The summed E-state index contributed by atoms with van der Waals surface area (Å²) < 4.78 is 0.832. The number of carbonyl (C=O) groups excluding carboxylic acids is 1. The third-order valence-corrected chi connectivity index (χ3v) is 5.11. The van der Waals surface area contributed by atoms with Crippen LogP contribution < -0.4 is 11.1 Å². The minimum absolute atomic E-state index is 0.00788. The number of allylic oxidation sites excluding steroid dienone is 2. The second-order valence-electron chi connectivity index (χ2n) is 7.19. The second kappa shape index (κ2) is 10.2. The molecule has 0 heterocycles. The first kappa shape index (κ1) is 21.9. The van der Waals surface area contributed by atoms with Gasteiger partial charge in [-0.2, -0.15) is 0 Å². The van der Waals surface area contributed by atoms with E-state index in [1.807, 2.05) is 24.3 Å². The molecule has 1 amide bonds. The Labute approximate surface area is 175 Å². The molecule has 0 aliphatic rings. The van der Waals surface area contributed by atoms with Crippen LogP contribution in [0, 0.1) is 5.41 Å². The van der Waals surface area contributed by atoms with Gasteiger partial charge in [0.15, 0.2) is 0 Å². The number of nitrogens with one attached hydrogen (secondary N) is 2. The summed E-state index contributed by atoms with van der Waals surface area (Å²) in [7, 11) is 0. The normalized spacial score (nSPS) is 11.6. The number of amidine groups is 1. The van der Waals surface area contributed by atoms with Crippen LogP contribution in [-0.4, -0.2) is 11.7 Å². The topological polar surface area (TPSA) is 79.0 Å². The predicted molar refractivity (Wildman–Crippen MR) is 121 cm³/mol. The SMILES string of the molecule is CCCC(CC=C(C)C)c1ccc(C(=O)NC(=N)c2ccc(Br)cc2N)cc1. The largest absolute Gasteiger partial charge is 0.398 e. The van der Waals surface area contributed by atoms with E-state index in [2.05, 4.69) is 48.1 Å². The Hall–Kier alpha value is -2.40. The molecule has 2 aromatic carbocycles. The molecule has 0 aliphatic heterocycles. The molecule has 1 unspecified atom stereocenters. The van der Waals surface area contributed by atoms with E-state index in [9.17, 15) is 4.79 Å². The van der Waals surface area contributed by atoms with Gasteiger partial charge in [0.2, 0.25) is 0 Å². The fraction of sp³-hybridized carbons (Fsp3) is 0.304. The van der Waals surface area contributed by atoms with E-state index in [1.54, 1.807) is 18.2 Å². The van der Waals surface area contributed by atoms with Crippen molar-refractivity contribution in [1.29, 1.82) is 5.41 Å². The standard InChI is InChI=1S/C23H28BrN3O/c1-4-5-16(7-6-15(2)3)17-8-10-18(11-9-17)23(28)27-22(26)20-13-12-19(24)14-21(20)25/h6,8-14,16H,4-5,7,25H2,1-3H3,(H2,26,27,28). The van der Waals surface area contributed by atoms with E-state index in [0.29, 0.717) is 22.7 Å². The van der Waals surface area contributed by atoms with E-state index in [0.717, 1.165) is 23.7 Å². The van der Waals surface area contributed by atoms with Gasteiger partial charge in [-0.15, -0.1) is 0 Å². The molecule has 0 spiro atoms. The van der Waals surface area contributed by atoms with Gasteiger partial charge in [-0.3, -0.25) is 10.2 Å². The minimum atomic E-state index is -0.310. The molecule has 0 bridgehead atoms. The maximum atomic E-state index is 12.5. The van der Waals surface area contributed by atoms with Crippen molar-refractivity contribution in [3.8, 4) is 0 Å². The Morgan fingerprint density at radius 3 is 2.46 bits per heavy atom. The van der Waals surface area contributed by atoms with Crippen LogP contribution in [0.4, 0.5) is 5.69 Å². The average Bonchev–Trinajstić information content (AvgIpc) is 2.65. The highest BCUT2D eigenvalue weighted by molar-refractivity contribution is 9.10. The van der Waals surface area contributed by atoms with Crippen LogP contribution in [0.5, 0.6) is 0 Å². The van der Waals surface area contributed by atoms with Crippen molar-refractivity contribution in [2.24, 2.45) is 0 Å². The summed E-state index contributed by atoms with van der Waals surface area (Å²) in [5.41, 5.74) is 9.97. The quantitative estimate of drug-likeness (QED) is 0.212. The van der Waals surface area contributed by atoms with Gasteiger partial charge in [0.05, 0.1) is 0 Å². The molecule has 0 saturated carbocycles. The van der Waals surface area contributed by atoms with Crippen molar-refractivity contribution >= 4 is 33.4 Å². The molecule has 4 N–H and O–H groups in total. The molecule has 0 radical (unpaired) electrons. The van der Waals surface area contributed by atoms with Crippen LogP contribution in [0.2, 0.25) is 0 Å². The zero-order valence-corrected chi connectivity index (χ0v) is 18.3. The molecule has 0 fully saturated rings. The lowest BCUT2D eigenvalue weighted by molar-refractivity contribution is 0.0977. The summed E-state index contributed by atoms with van der Waals surface area (Å²) in [6.45, 7) is 6.42. The van der Waals surface area contributed by atoms with Gasteiger partial charge >= 0.3 is 0 Å². The monoisotopic (exact) mass is 441 g/mol. The molecule has 2 rings (SSSR count). The van der Waals surface area contributed by atoms with E-state index in [4.69, 9.17) is 11.1 Å². The third kappa shape index (κ3) is 6.06. The Balaban J connectivity index is 2.10. The molecular formula is C23H28BrN3O. The molecule has 5 heteroatoms. The van der Waals surface area contributed by atoms with Crippen molar-refractivity contribution in [3.63, 3.8) is 0 Å². The van der Waals surface area contributed by atoms with Gasteiger partial charge in [0, 0.05) is 21.3 Å². The Kier molecular flexibility index (Phi) is 8.00. The van der Waals surface area contributed by atoms with Crippen molar-refractivity contribution < 1.29 is 4.79 Å². The lowest BCUT2D eigenvalue weighted by Crippen LogP contribution is -2.31. The molecular weight excluding hydrogens is 414 g/mol. The van der Waals surface area contributed by atoms with E-state index in [1.165, 1.54) is 11.1 Å². The zero-order valence-electron chi connectivity index (χ0n) is 16.7. The smallest absolute Gasteiger partial charge is 0.256 e. The molecule has 0 aromatic heterocycles. The molecule has 0 aliphatic carbocycles. The number of hydrogen-bond acceptors (Lipinski definition) is 3. The summed E-state index contributed by atoms with van der Waals surface area (Å²) in [5, 5.41) is 10.8. The third-order valence-electron chi connectivity index (χ3n) is 4.61. The first-order valence-electron chi connectivity index (χ1n) is 9.50. The number of nitrogens with two attached hydrogens (primary N) is 1. The van der Waals surface area contributed by atoms with Crippen molar-refractivity contribution in [3.05, 3.63) is 75.3 Å². The van der Waals surface area contributed by atoms with Gasteiger partial charge < -0.3 is 11.1 Å². The molecule has 2 aromatic rings. The van der Waals surface area contributed by atoms with Gasteiger partial charge in [-0.05, 0) is 68.5 Å². The predicted octanol–water partition coefficient (Wildman–Crippen LogP) is 6.03. The van der Waals surface area contributed by atoms with Crippen LogP contribution in [-0.2, 0) is 0 Å². The lowest BCUT2D eigenvalue weighted by atomic mass is 9.90. The summed E-state index contributed by atoms with van der Waals surface area (Å²) in [5.74, 6) is 0.138. The maximum Gasteiger partial charge on any atom is 0.256 e. The molecule has 4 nitrogen and oxygen atoms in total. The van der Waals surface area contributed by atoms with Crippen LogP contribution in [0.1, 0.15) is 67.4 Å². The fourth-order valence-electron chi connectivity index (χ4n) is 3.07. The van der Waals surface area contributed by atoms with E-state index in [-0.39, 0.29) is 11.7 Å². The number of benzene rings is 2. The van der Waals surface area contributed by atoms with Crippen molar-refractivity contribution in [1.82, 2.24) is 5.32 Å². The summed E-state index contributed by atoms with van der Waals surface area (Å²) in [6, 6.07) is 12.9. The summed E-state index contributed by atoms with van der Waals surface area (Å²) in [4.78, 5) is 12.5. The number of nitrogen functional groups attached to an aromatic ring is 1. The number of carbonyl (C=O) groups is 1. The molecule has 28 heavy (non-hydrogen) atoms. The number of halogens is 1. The van der Waals surface area contributed by atoms with Gasteiger partial charge in [-0.1, -0.05) is 53.1 Å². The number of amides is 1. The highest BCUT2D eigenvalue weighted by atomic mass is 79.9. The number of anilines is 1. The van der Waals surface area contributed by atoms with Crippen LogP contribution in [0.3, 0.4) is 0 Å².